The summed E-state index contributed by atoms with van der Waals surface area (Å²) in [6, 6.07) is 0. The summed E-state index contributed by atoms with van der Waals surface area (Å²) in [6.45, 7) is 0. The monoisotopic (exact) mass is 536 g/mol. The summed E-state index contributed by atoms with van der Waals surface area (Å²) in [5, 5.41) is 0. The van der Waals surface area contributed by atoms with E-state index in [0.29, 0.717) is 0 Å². The van der Waals surface area contributed by atoms with Crippen LogP contribution in [0.5, 0.6) is 0 Å². The fourth-order valence-corrected chi connectivity index (χ4v) is 2.16. The van der Waals surface area contributed by atoms with Gasteiger partial charge in [0.2, 0.25) is 0 Å². The van der Waals surface area contributed by atoms with Gasteiger partial charge in [0.05, 0.1) is 5.57 Å². The number of halogens is 19. The molecule has 0 unspecified atom stereocenters. The Kier molecular flexibility index (Phi) is 8.32. The maximum absolute atomic E-state index is 14.2. The van der Waals surface area contributed by atoms with Crippen LogP contribution in [-0.2, 0) is 4.74 Å². The number of hydrogen-bond acceptors (Lipinski definition) is 1. The molecular formula is C13H3F19O. The molecule has 1 nitrogen and oxygen atoms in total. The predicted molar refractivity (Wildman–Crippen MR) is 65.5 cm³/mol. The number of methoxy groups -OCH3 is 1. The largest absolute Gasteiger partial charge is 0.431 e. The SMILES string of the molecule is COC(/C(C(F)=C(C(F)(F)F)C(F)(F)F)=C(\F)C(=C(F)F)C(F)(F)F)(C(F)(F)F)C(F)(F)F. The molecule has 0 aromatic carbocycles. The second kappa shape index (κ2) is 8.90. The summed E-state index contributed by atoms with van der Waals surface area (Å²) in [5.74, 6) is -9.82. The standard InChI is InChI=1S/C13H3F19O/c1-33-8(12(27,28)29,13(30,31)32)2(4(14)3(7(16)17)9(18,19)20)5(15)6(10(21,22)23)11(24,25)26/h1H3/b4-2-. The molecule has 33 heavy (non-hydrogen) atoms. The van der Waals surface area contributed by atoms with Gasteiger partial charge in [0.15, 0.2) is 17.0 Å². The van der Waals surface area contributed by atoms with Crippen LogP contribution < -0.4 is 0 Å². The Morgan fingerprint density at radius 3 is 1.00 bits per heavy atom. The third-order valence-corrected chi connectivity index (χ3v) is 3.37. The summed E-state index contributed by atoms with van der Waals surface area (Å²) in [4.78, 5) is 0. The second-order valence-electron chi connectivity index (χ2n) is 5.39. The zero-order valence-corrected chi connectivity index (χ0v) is 14.6. The minimum Gasteiger partial charge on any atom is -0.357 e. The highest BCUT2D eigenvalue weighted by atomic mass is 19.4. The van der Waals surface area contributed by atoms with Gasteiger partial charge >= 0.3 is 30.9 Å². The van der Waals surface area contributed by atoms with Gasteiger partial charge in [-0.1, -0.05) is 0 Å². The first kappa shape index (κ1) is 30.9. The Hall–Kier alpha value is -2.15. The average Bonchev–Trinajstić information content (AvgIpc) is 2.44. The highest BCUT2D eigenvalue weighted by molar-refractivity contribution is 5.51. The van der Waals surface area contributed by atoms with Crippen molar-refractivity contribution in [2.75, 3.05) is 7.11 Å². The lowest BCUT2D eigenvalue weighted by molar-refractivity contribution is -0.359. The van der Waals surface area contributed by atoms with Crippen LogP contribution in [-0.4, -0.2) is 43.6 Å². The van der Waals surface area contributed by atoms with E-state index in [1.165, 1.54) is 0 Å². The maximum atomic E-state index is 14.2. The minimum absolute atomic E-state index is 0.884. The van der Waals surface area contributed by atoms with Gasteiger partial charge in [0.1, 0.15) is 5.83 Å². The van der Waals surface area contributed by atoms with E-state index in [2.05, 4.69) is 4.74 Å². The lowest BCUT2D eigenvalue weighted by Gasteiger charge is -2.38. The molecule has 0 heterocycles. The topological polar surface area (TPSA) is 9.23 Å². The fraction of sp³-hybridized carbons (Fsp3) is 0.538. The molecule has 0 radical (unpaired) electrons. The molecule has 0 spiro atoms. The fourth-order valence-electron chi connectivity index (χ4n) is 2.16. The predicted octanol–water partition coefficient (Wildman–Crippen LogP) is 7.78. The quantitative estimate of drug-likeness (QED) is 0.264. The summed E-state index contributed by atoms with van der Waals surface area (Å²) < 4.78 is 249. The first-order valence-corrected chi connectivity index (χ1v) is 6.95. The smallest absolute Gasteiger partial charge is 0.357 e. The van der Waals surface area contributed by atoms with Crippen molar-refractivity contribution in [2.45, 2.75) is 36.5 Å². The number of allylic oxidation sites excluding steroid dienone is 3. The van der Waals surface area contributed by atoms with E-state index in [9.17, 15) is 83.4 Å². The van der Waals surface area contributed by atoms with Crippen LogP contribution in [0.15, 0.2) is 34.5 Å². The average molecular weight is 536 g/mol. The zero-order valence-electron chi connectivity index (χ0n) is 14.6. The number of ether oxygens (including phenoxy) is 1. The van der Waals surface area contributed by atoms with Crippen molar-refractivity contribution >= 4 is 0 Å². The van der Waals surface area contributed by atoms with Gasteiger partial charge in [-0.05, 0) is 0 Å². The Morgan fingerprint density at radius 2 is 0.818 bits per heavy atom. The van der Waals surface area contributed by atoms with Crippen LogP contribution in [0.4, 0.5) is 83.4 Å². The van der Waals surface area contributed by atoms with E-state index >= 15 is 0 Å². The first-order valence-electron chi connectivity index (χ1n) is 6.95. The maximum Gasteiger partial charge on any atom is 0.431 e. The van der Waals surface area contributed by atoms with Crippen LogP contribution in [0.1, 0.15) is 0 Å². The van der Waals surface area contributed by atoms with Crippen LogP contribution in [0.25, 0.3) is 0 Å². The summed E-state index contributed by atoms with van der Waals surface area (Å²) >= 11 is 0. The summed E-state index contributed by atoms with van der Waals surface area (Å²) in [5.41, 5.74) is -21.5. The molecule has 0 saturated heterocycles. The van der Waals surface area contributed by atoms with E-state index in [1.54, 1.807) is 0 Å². The number of hydrogen-bond donors (Lipinski definition) is 0. The molecule has 0 N–H and O–H groups in total. The van der Waals surface area contributed by atoms with Crippen molar-refractivity contribution in [1.29, 1.82) is 0 Å². The van der Waals surface area contributed by atoms with E-state index in [0.717, 1.165) is 0 Å². The molecule has 0 aliphatic rings. The minimum atomic E-state index is -7.57. The van der Waals surface area contributed by atoms with Gasteiger partial charge in [-0.2, -0.15) is 74.6 Å². The van der Waals surface area contributed by atoms with E-state index in [4.69, 9.17) is 0 Å². The van der Waals surface area contributed by atoms with Crippen molar-refractivity contribution < 1.29 is 88.2 Å². The number of rotatable bonds is 4. The van der Waals surface area contributed by atoms with Crippen LogP contribution in [0.2, 0.25) is 0 Å². The van der Waals surface area contributed by atoms with Crippen LogP contribution in [0, 0.1) is 0 Å². The molecule has 0 rings (SSSR count). The molecule has 194 valence electrons. The van der Waals surface area contributed by atoms with Crippen molar-refractivity contribution in [3.05, 3.63) is 34.5 Å². The van der Waals surface area contributed by atoms with Gasteiger partial charge < -0.3 is 4.74 Å². The molecule has 0 atom stereocenters. The van der Waals surface area contributed by atoms with Gasteiger partial charge in [-0.15, -0.1) is 0 Å². The van der Waals surface area contributed by atoms with Crippen LogP contribution in [0.3, 0.4) is 0 Å². The Labute approximate surface area is 167 Å². The Balaban J connectivity index is 8.54. The molecule has 0 aliphatic heterocycles. The molecular weight excluding hydrogens is 533 g/mol. The summed E-state index contributed by atoms with van der Waals surface area (Å²) in [7, 11) is -0.884. The molecule has 0 aromatic heterocycles. The number of alkyl halides is 15. The van der Waals surface area contributed by atoms with E-state index < -0.39 is 78.0 Å². The molecule has 0 bridgehead atoms. The van der Waals surface area contributed by atoms with Crippen molar-refractivity contribution in [2.24, 2.45) is 0 Å². The van der Waals surface area contributed by atoms with E-state index in [-0.39, 0.29) is 0 Å². The lowest BCUT2D eigenvalue weighted by Crippen LogP contribution is -2.60. The molecule has 0 saturated carbocycles. The molecule has 20 heteroatoms. The first-order chi connectivity index (χ1) is 14.2. The molecule has 0 aromatic rings. The Morgan fingerprint density at radius 1 is 0.485 bits per heavy atom. The van der Waals surface area contributed by atoms with Gasteiger partial charge in [0.25, 0.3) is 11.7 Å². The third-order valence-electron chi connectivity index (χ3n) is 3.37. The Bertz CT molecular complexity index is 788. The van der Waals surface area contributed by atoms with Gasteiger partial charge in [0, 0.05) is 7.11 Å². The van der Waals surface area contributed by atoms with E-state index in [1.807, 2.05) is 0 Å². The summed E-state index contributed by atoms with van der Waals surface area (Å²) in [6.07, 6.45) is -41.4. The second-order valence-corrected chi connectivity index (χ2v) is 5.39. The van der Waals surface area contributed by atoms with Gasteiger partial charge in [-0.25, -0.2) is 8.78 Å². The normalized spacial score (nSPS) is 15.3. The lowest BCUT2D eigenvalue weighted by atomic mass is 9.86. The molecule has 0 aliphatic carbocycles. The van der Waals surface area contributed by atoms with Crippen molar-refractivity contribution in [3.8, 4) is 0 Å². The van der Waals surface area contributed by atoms with Crippen LogP contribution >= 0.6 is 0 Å². The van der Waals surface area contributed by atoms with Gasteiger partial charge in [-0.3, -0.25) is 0 Å². The zero-order chi connectivity index (χ0) is 27.2. The third kappa shape index (κ3) is 5.86. The molecule has 0 amide bonds. The van der Waals surface area contributed by atoms with Crippen molar-refractivity contribution in [3.63, 3.8) is 0 Å². The van der Waals surface area contributed by atoms with Crippen molar-refractivity contribution in [1.82, 2.24) is 0 Å². The highest BCUT2D eigenvalue weighted by Gasteiger charge is 2.77. The highest BCUT2D eigenvalue weighted by Crippen LogP contribution is 2.57. The molecule has 0 fully saturated rings.